The number of aryl methyl sites for hydroxylation is 2. The van der Waals surface area contributed by atoms with Gasteiger partial charge in [-0.3, -0.25) is 4.79 Å². The van der Waals surface area contributed by atoms with Gasteiger partial charge in [-0.2, -0.15) is 4.99 Å². The number of hydrogen-bond acceptors (Lipinski definition) is 4. The van der Waals surface area contributed by atoms with Gasteiger partial charge >= 0.3 is 0 Å². The predicted octanol–water partition coefficient (Wildman–Crippen LogP) is 3.86. The van der Waals surface area contributed by atoms with Crippen LogP contribution in [0.2, 0.25) is 0 Å². The number of hydrogen-bond donors (Lipinski definition) is 0. The van der Waals surface area contributed by atoms with E-state index in [0.717, 1.165) is 24.2 Å². The second-order valence-corrected chi connectivity index (χ2v) is 6.87. The molecule has 0 aliphatic rings. The van der Waals surface area contributed by atoms with E-state index in [0.29, 0.717) is 21.9 Å². The van der Waals surface area contributed by atoms with Gasteiger partial charge in [0.1, 0.15) is 0 Å². The molecule has 0 bridgehead atoms. The minimum Gasteiger partial charge on any atom is -0.493 e. The zero-order chi connectivity index (χ0) is 19.2. The molecule has 1 aromatic heterocycles. The standard InChI is InChI=1S/C21H22N2O3S/c1-15-14-27-21(22-20(24)17-7-5-4-6-8-17)23(15)12-11-16-9-10-18(25-2)19(13-16)26-3/h4-10,13-14H,11-12H2,1-3H3. The van der Waals surface area contributed by atoms with Gasteiger partial charge in [0.25, 0.3) is 5.91 Å². The molecule has 5 nitrogen and oxygen atoms in total. The van der Waals surface area contributed by atoms with Crippen LogP contribution >= 0.6 is 11.3 Å². The normalized spacial score (nSPS) is 11.4. The molecular weight excluding hydrogens is 360 g/mol. The maximum absolute atomic E-state index is 12.4. The van der Waals surface area contributed by atoms with Gasteiger partial charge < -0.3 is 14.0 Å². The lowest BCUT2D eigenvalue weighted by Gasteiger charge is -2.10. The lowest BCUT2D eigenvalue weighted by molar-refractivity contribution is 0.0997. The molecule has 0 atom stereocenters. The summed E-state index contributed by atoms with van der Waals surface area (Å²) < 4.78 is 12.7. The summed E-state index contributed by atoms with van der Waals surface area (Å²) >= 11 is 1.48. The zero-order valence-corrected chi connectivity index (χ0v) is 16.5. The number of nitrogens with zero attached hydrogens (tertiary/aromatic N) is 2. The van der Waals surface area contributed by atoms with E-state index in [9.17, 15) is 4.79 Å². The summed E-state index contributed by atoms with van der Waals surface area (Å²) in [5, 5.41) is 2.02. The molecule has 0 aliphatic heterocycles. The first-order chi connectivity index (χ1) is 13.1. The number of amides is 1. The van der Waals surface area contributed by atoms with Crippen molar-refractivity contribution in [2.75, 3.05) is 14.2 Å². The second-order valence-electron chi connectivity index (χ2n) is 6.03. The number of benzene rings is 2. The monoisotopic (exact) mass is 382 g/mol. The van der Waals surface area contributed by atoms with Gasteiger partial charge in [-0.15, -0.1) is 11.3 Å². The smallest absolute Gasteiger partial charge is 0.279 e. The first-order valence-corrected chi connectivity index (χ1v) is 9.50. The van der Waals surface area contributed by atoms with Crippen LogP contribution in [0.25, 0.3) is 0 Å². The molecular formula is C21H22N2O3S. The Morgan fingerprint density at radius 1 is 1.07 bits per heavy atom. The number of aromatic nitrogens is 1. The Balaban J connectivity index is 1.81. The number of methoxy groups -OCH3 is 2. The zero-order valence-electron chi connectivity index (χ0n) is 15.6. The average Bonchev–Trinajstić information content (AvgIpc) is 3.05. The summed E-state index contributed by atoms with van der Waals surface area (Å²) in [5.74, 6) is 1.20. The third kappa shape index (κ3) is 4.46. The Bertz CT molecular complexity index is 990. The van der Waals surface area contributed by atoms with Gasteiger partial charge in [0, 0.05) is 23.2 Å². The number of thiazole rings is 1. The van der Waals surface area contributed by atoms with Crippen molar-refractivity contribution >= 4 is 17.2 Å². The van der Waals surface area contributed by atoms with Gasteiger partial charge in [-0.25, -0.2) is 0 Å². The van der Waals surface area contributed by atoms with Gasteiger partial charge in [0.05, 0.1) is 14.2 Å². The molecule has 0 spiro atoms. The van der Waals surface area contributed by atoms with Gasteiger partial charge in [0.15, 0.2) is 16.3 Å². The number of rotatable bonds is 6. The van der Waals surface area contributed by atoms with Crippen molar-refractivity contribution in [1.82, 2.24) is 4.57 Å². The van der Waals surface area contributed by atoms with E-state index in [-0.39, 0.29) is 5.91 Å². The van der Waals surface area contributed by atoms with Crippen LogP contribution in [0, 0.1) is 6.92 Å². The Morgan fingerprint density at radius 2 is 1.81 bits per heavy atom. The Kier molecular flexibility index (Phi) is 6.08. The van der Waals surface area contributed by atoms with Crippen LogP contribution in [0.1, 0.15) is 21.6 Å². The second kappa shape index (κ2) is 8.68. The fourth-order valence-corrected chi connectivity index (χ4v) is 3.69. The van der Waals surface area contributed by atoms with Crippen LogP contribution in [0.5, 0.6) is 11.5 Å². The van der Waals surface area contributed by atoms with E-state index in [1.165, 1.54) is 11.3 Å². The van der Waals surface area contributed by atoms with E-state index in [4.69, 9.17) is 9.47 Å². The van der Waals surface area contributed by atoms with Crippen LogP contribution in [0.4, 0.5) is 0 Å². The summed E-state index contributed by atoms with van der Waals surface area (Å²) in [6.45, 7) is 2.75. The highest BCUT2D eigenvalue weighted by Crippen LogP contribution is 2.27. The Hall–Kier alpha value is -2.86. The fraction of sp³-hybridized carbons (Fsp3) is 0.238. The SMILES string of the molecule is COc1ccc(CCn2c(C)csc2=NC(=O)c2ccccc2)cc1OC. The van der Waals surface area contributed by atoms with Crippen LogP contribution in [0.3, 0.4) is 0 Å². The van der Waals surface area contributed by atoms with Crippen LogP contribution < -0.4 is 14.3 Å². The largest absolute Gasteiger partial charge is 0.493 e. The summed E-state index contributed by atoms with van der Waals surface area (Å²) in [5.41, 5.74) is 2.81. The molecule has 140 valence electrons. The summed E-state index contributed by atoms with van der Waals surface area (Å²) in [4.78, 5) is 17.4. The molecule has 0 N–H and O–H groups in total. The molecule has 0 unspecified atom stereocenters. The molecule has 0 saturated heterocycles. The fourth-order valence-electron chi connectivity index (χ4n) is 2.78. The van der Waals surface area contributed by atoms with Crippen molar-refractivity contribution in [3.05, 3.63) is 75.5 Å². The highest BCUT2D eigenvalue weighted by atomic mass is 32.1. The lowest BCUT2D eigenvalue weighted by atomic mass is 10.1. The average molecular weight is 382 g/mol. The topological polar surface area (TPSA) is 52.8 Å². The highest BCUT2D eigenvalue weighted by molar-refractivity contribution is 7.07. The van der Waals surface area contributed by atoms with Crippen molar-refractivity contribution < 1.29 is 14.3 Å². The van der Waals surface area contributed by atoms with Crippen molar-refractivity contribution in [2.24, 2.45) is 4.99 Å². The van der Waals surface area contributed by atoms with Crippen LogP contribution in [-0.2, 0) is 13.0 Å². The van der Waals surface area contributed by atoms with Crippen LogP contribution in [0.15, 0.2) is 58.9 Å². The minimum atomic E-state index is -0.225. The minimum absolute atomic E-state index is 0.225. The van der Waals surface area contributed by atoms with E-state index in [2.05, 4.69) is 9.56 Å². The van der Waals surface area contributed by atoms with E-state index >= 15 is 0 Å². The van der Waals surface area contributed by atoms with Crippen LogP contribution in [-0.4, -0.2) is 24.7 Å². The number of ether oxygens (including phenoxy) is 2. The molecule has 3 aromatic rings. The van der Waals surface area contributed by atoms with E-state index in [1.807, 2.05) is 48.7 Å². The summed E-state index contributed by atoms with van der Waals surface area (Å²) in [6, 6.07) is 15.0. The molecule has 1 amide bonds. The molecule has 3 rings (SSSR count). The van der Waals surface area contributed by atoms with Gasteiger partial charge in [0.2, 0.25) is 0 Å². The lowest BCUT2D eigenvalue weighted by Crippen LogP contribution is -2.19. The maximum atomic E-state index is 12.4. The molecule has 27 heavy (non-hydrogen) atoms. The molecule has 0 fully saturated rings. The third-order valence-electron chi connectivity index (χ3n) is 4.28. The molecule has 6 heteroatoms. The Labute approximate surface area is 162 Å². The van der Waals surface area contributed by atoms with Crippen molar-refractivity contribution in [3.8, 4) is 11.5 Å². The Morgan fingerprint density at radius 3 is 2.52 bits per heavy atom. The molecule has 0 saturated carbocycles. The number of carbonyl (C=O) groups is 1. The quantitative estimate of drug-likeness (QED) is 0.650. The van der Waals surface area contributed by atoms with E-state index < -0.39 is 0 Å². The van der Waals surface area contributed by atoms with Crippen molar-refractivity contribution in [3.63, 3.8) is 0 Å². The van der Waals surface area contributed by atoms with Crippen molar-refractivity contribution in [2.45, 2.75) is 19.9 Å². The number of carbonyl (C=O) groups excluding carboxylic acids is 1. The molecule has 1 heterocycles. The first kappa shape index (κ1) is 18.9. The molecule has 0 aliphatic carbocycles. The van der Waals surface area contributed by atoms with Crippen molar-refractivity contribution in [1.29, 1.82) is 0 Å². The summed E-state index contributed by atoms with van der Waals surface area (Å²) in [6.07, 6.45) is 0.796. The molecule has 2 aromatic carbocycles. The van der Waals surface area contributed by atoms with Gasteiger partial charge in [-0.05, 0) is 43.2 Å². The highest BCUT2D eigenvalue weighted by Gasteiger charge is 2.08. The third-order valence-corrected chi connectivity index (χ3v) is 5.26. The van der Waals surface area contributed by atoms with Gasteiger partial charge in [-0.1, -0.05) is 24.3 Å². The molecule has 0 radical (unpaired) electrons. The van der Waals surface area contributed by atoms with E-state index in [1.54, 1.807) is 26.4 Å². The maximum Gasteiger partial charge on any atom is 0.279 e. The summed E-state index contributed by atoms with van der Waals surface area (Å²) in [7, 11) is 3.26. The predicted molar refractivity (Wildman–Crippen MR) is 107 cm³/mol. The first-order valence-electron chi connectivity index (χ1n) is 8.62.